The zero-order valence-electron chi connectivity index (χ0n) is 14.7. The molecule has 0 saturated heterocycles. The monoisotopic (exact) mass is 426 g/mol. The molecule has 0 fully saturated rings. The van der Waals surface area contributed by atoms with Gasteiger partial charge in [0.1, 0.15) is 12.0 Å². The van der Waals surface area contributed by atoms with Crippen molar-refractivity contribution in [3.8, 4) is 0 Å². The van der Waals surface area contributed by atoms with Crippen molar-refractivity contribution < 1.29 is 4.79 Å². The summed E-state index contributed by atoms with van der Waals surface area (Å²) in [5.41, 5.74) is 13.5. The number of nitrogens with zero attached hydrogens (tertiary/aromatic N) is 3. The molecule has 138 valence electrons. The molecule has 1 amide bonds. The zero-order chi connectivity index (χ0) is 19.2. The fourth-order valence-corrected chi connectivity index (χ4v) is 3.06. The molecule has 1 aromatic heterocycles. The van der Waals surface area contributed by atoms with E-state index in [-0.39, 0.29) is 5.91 Å². The number of amides is 1. The number of rotatable bonds is 6. The smallest absolute Gasteiger partial charge is 0.270 e. The van der Waals surface area contributed by atoms with Crippen molar-refractivity contribution in [2.24, 2.45) is 0 Å². The highest BCUT2D eigenvalue weighted by Crippen LogP contribution is 2.31. The van der Waals surface area contributed by atoms with Crippen LogP contribution in [0.2, 0.25) is 0 Å². The Kier molecular flexibility index (Phi) is 5.87. The van der Waals surface area contributed by atoms with E-state index in [2.05, 4.69) is 36.7 Å². The second-order valence-electron chi connectivity index (χ2n) is 5.60. The number of anilines is 4. The first-order valence-corrected chi connectivity index (χ1v) is 9.15. The lowest BCUT2D eigenvalue weighted by Crippen LogP contribution is -2.31. The minimum absolute atomic E-state index is 0.308. The molecule has 0 saturated carbocycles. The van der Waals surface area contributed by atoms with E-state index in [0.29, 0.717) is 33.9 Å². The number of nitrogen functional groups attached to an aromatic ring is 1. The number of hydrogen-bond donors (Lipinski definition) is 3. The van der Waals surface area contributed by atoms with Crippen molar-refractivity contribution in [1.82, 2.24) is 15.4 Å². The lowest BCUT2D eigenvalue weighted by molar-refractivity contribution is 0.0961. The van der Waals surface area contributed by atoms with E-state index >= 15 is 0 Å². The molecule has 0 atom stereocenters. The summed E-state index contributed by atoms with van der Waals surface area (Å²) in [4.78, 5) is 22.8. The maximum Gasteiger partial charge on any atom is 0.270 e. The van der Waals surface area contributed by atoms with Gasteiger partial charge in [0, 0.05) is 16.7 Å². The van der Waals surface area contributed by atoms with Gasteiger partial charge >= 0.3 is 0 Å². The largest absolute Gasteiger partial charge is 0.393 e. The molecule has 8 heteroatoms. The number of aromatic nitrogens is 2. The van der Waals surface area contributed by atoms with Crippen LogP contribution in [0.15, 0.2) is 65.4 Å². The highest BCUT2D eigenvalue weighted by Gasteiger charge is 2.16. The number of halogens is 1. The van der Waals surface area contributed by atoms with Crippen LogP contribution >= 0.6 is 15.9 Å². The van der Waals surface area contributed by atoms with Crippen LogP contribution in [0.25, 0.3) is 0 Å². The lowest BCUT2D eigenvalue weighted by Gasteiger charge is -2.24. The highest BCUT2D eigenvalue weighted by atomic mass is 79.9. The van der Waals surface area contributed by atoms with Crippen LogP contribution in [0.1, 0.15) is 17.3 Å². The normalized spacial score (nSPS) is 10.3. The molecule has 0 aliphatic carbocycles. The van der Waals surface area contributed by atoms with Gasteiger partial charge in [0.05, 0.1) is 5.56 Å². The lowest BCUT2D eigenvalue weighted by atomic mass is 10.2. The summed E-state index contributed by atoms with van der Waals surface area (Å²) >= 11 is 3.36. The number of nitrogens with one attached hydrogen (secondary N) is 2. The molecule has 2 aromatic carbocycles. The van der Waals surface area contributed by atoms with Crippen molar-refractivity contribution in [1.29, 1.82) is 0 Å². The Morgan fingerprint density at radius 1 is 1.11 bits per heavy atom. The molecule has 0 spiro atoms. The average molecular weight is 427 g/mol. The summed E-state index contributed by atoms with van der Waals surface area (Å²) in [5, 5.41) is 0. The van der Waals surface area contributed by atoms with E-state index in [1.54, 1.807) is 18.2 Å². The van der Waals surface area contributed by atoms with Gasteiger partial charge in [-0.15, -0.1) is 0 Å². The van der Waals surface area contributed by atoms with Crippen molar-refractivity contribution in [3.05, 3.63) is 71.0 Å². The predicted molar refractivity (Wildman–Crippen MR) is 111 cm³/mol. The van der Waals surface area contributed by atoms with Crippen molar-refractivity contribution in [2.45, 2.75) is 6.92 Å². The number of carbonyl (C=O) groups excluding carboxylic acids is 1. The fraction of sp³-hybridized carbons (Fsp3) is 0.105. The van der Waals surface area contributed by atoms with Gasteiger partial charge in [-0.3, -0.25) is 15.6 Å². The van der Waals surface area contributed by atoms with Crippen LogP contribution in [0, 0.1) is 0 Å². The molecule has 4 N–H and O–H groups in total. The molecule has 0 radical (unpaired) electrons. The molecule has 3 rings (SSSR count). The Labute approximate surface area is 165 Å². The third-order valence-electron chi connectivity index (χ3n) is 3.92. The molecule has 7 nitrogen and oxygen atoms in total. The number of carbonyl (C=O) groups is 1. The van der Waals surface area contributed by atoms with E-state index in [1.807, 2.05) is 48.2 Å². The molecule has 27 heavy (non-hydrogen) atoms. The van der Waals surface area contributed by atoms with E-state index in [9.17, 15) is 4.79 Å². The summed E-state index contributed by atoms with van der Waals surface area (Å²) in [6.07, 6.45) is 1.41. The van der Waals surface area contributed by atoms with E-state index in [0.717, 1.165) is 5.69 Å². The molecule has 3 aromatic rings. The first-order chi connectivity index (χ1) is 13.1. The van der Waals surface area contributed by atoms with Crippen LogP contribution in [0.3, 0.4) is 0 Å². The van der Waals surface area contributed by atoms with Crippen molar-refractivity contribution in [2.75, 3.05) is 22.6 Å². The number of nitrogens with two attached hydrogens (primary N) is 1. The standard InChI is InChI=1S/C19H19BrN6O/c1-2-26(13-8-4-3-5-9-13)18-16(21)17(22-12-23-18)24-25-19(27)14-10-6-7-11-15(14)20/h3-12H,2,21H2,1H3,(H,25,27)(H,22,23,24). The summed E-state index contributed by atoms with van der Waals surface area (Å²) in [5.74, 6) is 0.587. The predicted octanol–water partition coefficient (Wildman–Crippen LogP) is 3.74. The van der Waals surface area contributed by atoms with Crippen LogP contribution in [0.4, 0.5) is 23.0 Å². The molecule has 0 aliphatic heterocycles. The zero-order valence-corrected chi connectivity index (χ0v) is 16.3. The topological polar surface area (TPSA) is 96.2 Å². The van der Waals surface area contributed by atoms with E-state index in [4.69, 9.17) is 5.73 Å². The van der Waals surface area contributed by atoms with Crippen LogP contribution in [0.5, 0.6) is 0 Å². The molecule has 0 unspecified atom stereocenters. The number of hydrogen-bond acceptors (Lipinski definition) is 6. The summed E-state index contributed by atoms with van der Waals surface area (Å²) in [6.45, 7) is 2.68. The first kappa shape index (κ1) is 18.7. The van der Waals surface area contributed by atoms with Gasteiger partial charge < -0.3 is 10.6 Å². The Morgan fingerprint density at radius 2 is 1.81 bits per heavy atom. The van der Waals surface area contributed by atoms with Crippen LogP contribution < -0.4 is 21.5 Å². The summed E-state index contributed by atoms with van der Waals surface area (Å²) in [7, 11) is 0. The van der Waals surface area contributed by atoms with Crippen molar-refractivity contribution >= 4 is 44.8 Å². The van der Waals surface area contributed by atoms with Gasteiger partial charge in [0.25, 0.3) is 5.91 Å². The molecule has 1 heterocycles. The minimum Gasteiger partial charge on any atom is -0.393 e. The quantitative estimate of drug-likeness (QED) is 0.519. The van der Waals surface area contributed by atoms with E-state index in [1.165, 1.54) is 6.33 Å². The van der Waals surface area contributed by atoms with Gasteiger partial charge in [-0.1, -0.05) is 30.3 Å². The van der Waals surface area contributed by atoms with Gasteiger partial charge in [-0.05, 0) is 47.1 Å². The van der Waals surface area contributed by atoms with Gasteiger partial charge in [-0.25, -0.2) is 9.97 Å². The summed E-state index contributed by atoms with van der Waals surface area (Å²) < 4.78 is 0.696. The Hall–Kier alpha value is -3.13. The number of para-hydroxylation sites is 1. The van der Waals surface area contributed by atoms with Crippen LogP contribution in [-0.4, -0.2) is 22.4 Å². The molecular formula is C19H19BrN6O. The first-order valence-electron chi connectivity index (χ1n) is 8.35. The second-order valence-corrected chi connectivity index (χ2v) is 6.45. The SMILES string of the molecule is CCN(c1ccccc1)c1ncnc(NNC(=O)c2ccccc2Br)c1N. The number of hydrazine groups is 1. The minimum atomic E-state index is -0.308. The Morgan fingerprint density at radius 3 is 2.52 bits per heavy atom. The number of benzene rings is 2. The van der Waals surface area contributed by atoms with Crippen LogP contribution in [-0.2, 0) is 0 Å². The maximum absolute atomic E-state index is 12.3. The van der Waals surface area contributed by atoms with Gasteiger partial charge in [0.2, 0.25) is 0 Å². The maximum atomic E-state index is 12.3. The summed E-state index contributed by atoms with van der Waals surface area (Å²) in [6, 6.07) is 16.9. The van der Waals surface area contributed by atoms with Gasteiger partial charge in [-0.2, -0.15) is 0 Å². The third kappa shape index (κ3) is 4.17. The second kappa shape index (κ2) is 8.50. The average Bonchev–Trinajstić information content (AvgIpc) is 2.70. The molecule has 0 bridgehead atoms. The molecule has 0 aliphatic rings. The van der Waals surface area contributed by atoms with E-state index < -0.39 is 0 Å². The third-order valence-corrected chi connectivity index (χ3v) is 4.61. The Bertz CT molecular complexity index is 934. The fourth-order valence-electron chi connectivity index (χ4n) is 2.59. The Balaban J connectivity index is 1.81. The highest BCUT2D eigenvalue weighted by molar-refractivity contribution is 9.10. The van der Waals surface area contributed by atoms with Gasteiger partial charge in [0.15, 0.2) is 11.6 Å². The van der Waals surface area contributed by atoms with Crippen molar-refractivity contribution in [3.63, 3.8) is 0 Å². The molecular weight excluding hydrogens is 408 g/mol.